The first-order chi connectivity index (χ1) is 11.1. The first-order valence-corrected chi connectivity index (χ1v) is 9.05. The Labute approximate surface area is 141 Å². The van der Waals surface area contributed by atoms with Crippen molar-refractivity contribution < 1.29 is 4.92 Å². The lowest BCUT2D eigenvalue weighted by molar-refractivity contribution is -0.384. The summed E-state index contributed by atoms with van der Waals surface area (Å²) in [4.78, 5) is 12.7. The lowest BCUT2D eigenvalue weighted by atomic mass is 10.1. The number of non-ortho nitro benzene ring substituents is 1. The number of benzene rings is 1. The summed E-state index contributed by atoms with van der Waals surface area (Å²) in [5.41, 5.74) is 1.37. The summed E-state index contributed by atoms with van der Waals surface area (Å²) >= 11 is 0. The minimum absolute atomic E-state index is 0.177. The van der Waals surface area contributed by atoms with Crippen LogP contribution in [0.15, 0.2) is 24.3 Å². The van der Waals surface area contributed by atoms with E-state index in [0.29, 0.717) is 0 Å². The molecule has 0 bridgehead atoms. The van der Waals surface area contributed by atoms with Gasteiger partial charge in [-0.05, 0) is 51.4 Å². The van der Waals surface area contributed by atoms with Gasteiger partial charge in [0.15, 0.2) is 0 Å². The number of unbranched alkanes of at least 4 members (excludes halogenated alkanes) is 6. The Morgan fingerprint density at radius 1 is 0.913 bits per heavy atom. The highest BCUT2D eigenvalue weighted by atomic mass is 16.6. The van der Waals surface area contributed by atoms with E-state index in [2.05, 4.69) is 18.9 Å². The number of rotatable bonds is 13. The summed E-state index contributed by atoms with van der Waals surface area (Å²) in [6.45, 7) is 4.67. The third kappa shape index (κ3) is 9.34. The highest BCUT2D eigenvalue weighted by molar-refractivity contribution is 5.32. The number of nitrogens with zero attached hydrogens (tertiary/aromatic N) is 2. The van der Waals surface area contributed by atoms with Gasteiger partial charge >= 0.3 is 0 Å². The fraction of sp³-hybridized carbons (Fsp3) is 0.684. The van der Waals surface area contributed by atoms with Gasteiger partial charge in [0.05, 0.1) is 4.92 Å². The maximum Gasteiger partial charge on any atom is 0.269 e. The van der Waals surface area contributed by atoms with Crippen LogP contribution in [-0.2, 0) is 6.42 Å². The van der Waals surface area contributed by atoms with Gasteiger partial charge in [0.2, 0.25) is 0 Å². The van der Waals surface area contributed by atoms with Crippen molar-refractivity contribution in [2.45, 2.75) is 64.7 Å². The predicted octanol–water partition coefficient (Wildman–Crippen LogP) is 5.21. The summed E-state index contributed by atoms with van der Waals surface area (Å²) in [6, 6.07) is 6.95. The molecule has 0 atom stereocenters. The number of nitro groups is 1. The molecule has 0 aliphatic carbocycles. The molecule has 4 nitrogen and oxygen atoms in total. The van der Waals surface area contributed by atoms with Crippen LogP contribution < -0.4 is 0 Å². The Morgan fingerprint density at radius 2 is 1.48 bits per heavy atom. The molecule has 0 amide bonds. The predicted molar refractivity (Wildman–Crippen MR) is 96.9 cm³/mol. The maximum absolute atomic E-state index is 10.6. The Morgan fingerprint density at radius 3 is 2.04 bits per heavy atom. The Kier molecular flexibility index (Phi) is 10.3. The smallest absolute Gasteiger partial charge is 0.269 e. The van der Waals surface area contributed by atoms with Crippen LogP contribution in [0.1, 0.15) is 63.9 Å². The first-order valence-electron chi connectivity index (χ1n) is 9.05. The lowest BCUT2D eigenvalue weighted by Gasteiger charge is -2.16. The third-order valence-corrected chi connectivity index (χ3v) is 4.30. The van der Waals surface area contributed by atoms with Crippen LogP contribution in [0.2, 0.25) is 0 Å². The highest BCUT2D eigenvalue weighted by Gasteiger charge is 2.03. The minimum Gasteiger partial charge on any atom is -0.306 e. The van der Waals surface area contributed by atoms with E-state index in [9.17, 15) is 10.1 Å². The second-order valence-electron chi connectivity index (χ2n) is 6.45. The Bertz CT molecular complexity index is 432. The van der Waals surface area contributed by atoms with Crippen LogP contribution in [-0.4, -0.2) is 30.0 Å². The SMILES string of the molecule is CCCCCCN(C)CCCCCCc1ccc([N+](=O)[O-])cc1. The molecule has 0 aliphatic heterocycles. The summed E-state index contributed by atoms with van der Waals surface area (Å²) in [7, 11) is 2.23. The number of hydrogen-bond acceptors (Lipinski definition) is 3. The highest BCUT2D eigenvalue weighted by Crippen LogP contribution is 2.14. The molecular formula is C19H32N2O2. The molecule has 130 valence electrons. The number of nitro benzene ring substituents is 1. The van der Waals surface area contributed by atoms with Crippen molar-refractivity contribution in [3.8, 4) is 0 Å². The van der Waals surface area contributed by atoms with Gasteiger partial charge in [-0.15, -0.1) is 0 Å². The molecule has 0 saturated carbocycles. The van der Waals surface area contributed by atoms with Crippen LogP contribution in [0, 0.1) is 10.1 Å². The van der Waals surface area contributed by atoms with E-state index in [4.69, 9.17) is 0 Å². The Balaban J connectivity index is 2.01. The minimum atomic E-state index is -0.345. The van der Waals surface area contributed by atoms with E-state index in [0.717, 1.165) is 12.8 Å². The monoisotopic (exact) mass is 320 g/mol. The van der Waals surface area contributed by atoms with Gasteiger partial charge in [-0.2, -0.15) is 0 Å². The lowest BCUT2D eigenvalue weighted by Crippen LogP contribution is -2.20. The zero-order chi connectivity index (χ0) is 16.9. The van der Waals surface area contributed by atoms with Gasteiger partial charge in [0, 0.05) is 12.1 Å². The molecule has 1 aromatic carbocycles. The van der Waals surface area contributed by atoms with Crippen LogP contribution in [0.4, 0.5) is 5.69 Å². The number of aryl methyl sites for hydroxylation is 1. The van der Waals surface area contributed by atoms with E-state index in [1.807, 2.05) is 12.1 Å². The average molecular weight is 320 g/mol. The summed E-state index contributed by atoms with van der Waals surface area (Å²) < 4.78 is 0. The van der Waals surface area contributed by atoms with Crippen LogP contribution in [0.3, 0.4) is 0 Å². The fourth-order valence-electron chi connectivity index (χ4n) is 2.77. The van der Waals surface area contributed by atoms with Crippen molar-refractivity contribution in [1.29, 1.82) is 0 Å². The van der Waals surface area contributed by atoms with Crippen molar-refractivity contribution in [2.24, 2.45) is 0 Å². The molecule has 0 aliphatic rings. The average Bonchev–Trinajstić information content (AvgIpc) is 2.55. The molecule has 0 radical (unpaired) electrons. The normalized spacial score (nSPS) is 11.1. The van der Waals surface area contributed by atoms with Crippen LogP contribution in [0.5, 0.6) is 0 Å². The molecule has 0 fully saturated rings. The van der Waals surface area contributed by atoms with E-state index < -0.39 is 0 Å². The van der Waals surface area contributed by atoms with Gasteiger partial charge < -0.3 is 4.90 Å². The molecule has 1 rings (SSSR count). The van der Waals surface area contributed by atoms with E-state index in [-0.39, 0.29) is 10.6 Å². The van der Waals surface area contributed by atoms with Crippen LogP contribution in [0.25, 0.3) is 0 Å². The molecule has 23 heavy (non-hydrogen) atoms. The zero-order valence-corrected chi connectivity index (χ0v) is 14.8. The van der Waals surface area contributed by atoms with Gasteiger partial charge in [0.25, 0.3) is 5.69 Å². The van der Waals surface area contributed by atoms with Gasteiger partial charge in [-0.1, -0.05) is 51.2 Å². The summed E-state index contributed by atoms with van der Waals surface area (Å²) in [5.74, 6) is 0. The molecule has 1 aromatic rings. The van der Waals surface area contributed by atoms with Crippen molar-refractivity contribution in [2.75, 3.05) is 20.1 Å². The zero-order valence-electron chi connectivity index (χ0n) is 14.8. The van der Waals surface area contributed by atoms with Crippen molar-refractivity contribution in [3.63, 3.8) is 0 Å². The summed E-state index contributed by atoms with van der Waals surface area (Å²) in [6.07, 6.45) is 11.3. The van der Waals surface area contributed by atoms with E-state index >= 15 is 0 Å². The van der Waals surface area contributed by atoms with E-state index in [1.165, 1.54) is 63.6 Å². The molecule has 0 aromatic heterocycles. The fourth-order valence-corrected chi connectivity index (χ4v) is 2.77. The van der Waals surface area contributed by atoms with Gasteiger partial charge in [-0.3, -0.25) is 10.1 Å². The van der Waals surface area contributed by atoms with E-state index in [1.54, 1.807) is 12.1 Å². The molecule has 0 heterocycles. The second kappa shape index (κ2) is 12.1. The maximum atomic E-state index is 10.6. The van der Waals surface area contributed by atoms with Crippen LogP contribution >= 0.6 is 0 Å². The Hall–Kier alpha value is -1.42. The molecule has 0 N–H and O–H groups in total. The molecule has 4 heteroatoms. The molecule has 0 unspecified atom stereocenters. The third-order valence-electron chi connectivity index (χ3n) is 4.30. The second-order valence-corrected chi connectivity index (χ2v) is 6.45. The largest absolute Gasteiger partial charge is 0.306 e. The standard InChI is InChI=1S/C19H32N2O2/c1-3-4-5-9-16-20(2)17-10-7-6-8-11-18-12-14-19(15-13-18)21(22)23/h12-15H,3-11,16-17H2,1-2H3. The molecular weight excluding hydrogens is 288 g/mol. The van der Waals surface area contributed by atoms with Gasteiger partial charge in [0.1, 0.15) is 0 Å². The van der Waals surface area contributed by atoms with Crippen molar-refractivity contribution >= 4 is 5.69 Å². The molecule has 0 spiro atoms. The van der Waals surface area contributed by atoms with Gasteiger partial charge in [-0.25, -0.2) is 0 Å². The number of hydrogen-bond donors (Lipinski definition) is 0. The quantitative estimate of drug-likeness (QED) is 0.285. The van der Waals surface area contributed by atoms with Crippen molar-refractivity contribution in [3.05, 3.63) is 39.9 Å². The van der Waals surface area contributed by atoms with Crippen molar-refractivity contribution in [1.82, 2.24) is 4.90 Å². The molecule has 0 saturated heterocycles. The first kappa shape index (κ1) is 19.6. The summed E-state index contributed by atoms with van der Waals surface area (Å²) in [5, 5.41) is 10.6. The topological polar surface area (TPSA) is 46.4 Å².